The van der Waals surface area contributed by atoms with Crippen LogP contribution in [-0.4, -0.2) is 15.0 Å². The molecule has 0 atom stereocenters. The summed E-state index contributed by atoms with van der Waals surface area (Å²) in [5.74, 6) is 2.03. The highest BCUT2D eigenvalue weighted by Gasteiger charge is 2.19. The van der Waals surface area contributed by atoms with E-state index in [9.17, 15) is 0 Å². The van der Waals surface area contributed by atoms with Gasteiger partial charge in [0.2, 0.25) is 0 Å². The minimum atomic E-state index is 0.661. The van der Waals surface area contributed by atoms with Crippen molar-refractivity contribution in [2.75, 3.05) is 0 Å². The fourth-order valence-electron chi connectivity index (χ4n) is 7.93. The number of aromatic nitrogens is 3. The van der Waals surface area contributed by atoms with Crippen LogP contribution in [0.25, 0.3) is 102 Å². The van der Waals surface area contributed by atoms with Gasteiger partial charge in [0.15, 0.2) is 17.5 Å². The lowest BCUT2D eigenvalue weighted by Crippen LogP contribution is -2.03. The summed E-state index contributed by atoms with van der Waals surface area (Å²) in [7, 11) is 0. The molecule has 0 saturated carbocycles. The summed E-state index contributed by atoms with van der Waals surface area (Å²) in [4.78, 5) is 15.7. The van der Waals surface area contributed by atoms with Crippen molar-refractivity contribution >= 4 is 68.6 Å². The molecule has 10 aromatic rings. The zero-order valence-corrected chi connectivity index (χ0v) is 32.4. The molecule has 0 unspecified atom stereocenters. The number of hydrogen-bond donors (Lipinski definition) is 0. The van der Waals surface area contributed by atoms with Gasteiger partial charge in [-0.1, -0.05) is 152 Å². The van der Waals surface area contributed by atoms with E-state index < -0.39 is 0 Å². The van der Waals surface area contributed by atoms with Crippen molar-refractivity contribution in [2.45, 2.75) is 6.42 Å². The van der Waals surface area contributed by atoms with Gasteiger partial charge < -0.3 is 0 Å². The van der Waals surface area contributed by atoms with E-state index in [1.54, 1.807) is 0 Å². The smallest absolute Gasteiger partial charge is 0.164 e. The second-order valence-corrected chi connectivity index (χ2v) is 16.5. The summed E-state index contributed by atoms with van der Waals surface area (Å²) >= 11 is 3.65. The van der Waals surface area contributed by atoms with Gasteiger partial charge in [-0.2, -0.15) is 0 Å². The Labute approximate surface area is 338 Å². The van der Waals surface area contributed by atoms with Crippen molar-refractivity contribution in [1.82, 2.24) is 15.0 Å². The van der Waals surface area contributed by atoms with Gasteiger partial charge >= 0.3 is 0 Å². The Morgan fingerprint density at radius 1 is 0.368 bits per heavy atom. The van der Waals surface area contributed by atoms with Crippen molar-refractivity contribution < 1.29 is 0 Å². The molecule has 0 bridgehead atoms. The van der Waals surface area contributed by atoms with Crippen molar-refractivity contribution in [3.63, 3.8) is 0 Å². The van der Waals surface area contributed by atoms with Gasteiger partial charge in [-0.05, 0) is 76.2 Å². The molecule has 0 fully saturated rings. The van der Waals surface area contributed by atoms with E-state index in [2.05, 4.69) is 188 Å². The molecular weight excluding hydrogens is 731 g/mol. The standard InChI is InChI=1S/C52H33N3S2/c1-2-5-15-36(14-4-1)50-53-51(40-17-10-16-37(30-40)39-26-28-42-41-18-8-9-20-45(41)57-48(42)32-39)55-52(54-50)43-19-11-21-47-49(43)44-31-38(27-29-46(44)56-47)35-24-22-34(23-25-35)33-12-6-3-7-13-33/h1-14,16-32H,15H2. The number of benzene rings is 7. The van der Waals surface area contributed by atoms with E-state index in [0.29, 0.717) is 17.5 Å². The molecule has 0 aliphatic heterocycles. The molecule has 0 N–H and O–H groups in total. The third-order valence-electron chi connectivity index (χ3n) is 10.8. The number of thiophene rings is 2. The molecule has 3 nitrogen and oxygen atoms in total. The minimum Gasteiger partial charge on any atom is -0.209 e. The quantitative estimate of drug-likeness (QED) is 0.169. The number of fused-ring (bicyclic) bond motifs is 6. The Bertz CT molecular complexity index is 3260. The molecule has 5 heteroatoms. The van der Waals surface area contributed by atoms with E-state index in [4.69, 9.17) is 15.0 Å². The van der Waals surface area contributed by atoms with E-state index in [1.807, 2.05) is 22.7 Å². The Morgan fingerprint density at radius 2 is 0.982 bits per heavy atom. The van der Waals surface area contributed by atoms with E-state index in [-0.39, 0.29) is 0 Å². The highest BCUT2D eigenvalue weighted by Crippen LogP contribution is 2.42. The van der Waals surface area contributed by atoms with Gasteiger partial charge in [0, 0.05) is 57.0 Å². The van der Waals surface area contributed by atoms with Crippen molar-refractivity contribution in [1.29, 1.82) is 0 Å². The zero-order chi connectivity index (χ0) is 37.7. The monoisotopic (exact) mass is 763 g/mol. The third kappa shape index (κ3) is 6.18. The first-order valence-electron chi connectivity index (χ1n) is 19.1. The second-order valence-electron chi connectivity index (χ2n) is 14.3. The molecule has 1 aliphatic carbocycles. The number of nitrogens with zero attached hydrogens (tertiary/aromatic N) is 3. The number of rotatable bonds is 6. The molecule has 1 aliphatic rings. The van der Waals surface area contributed by atoms with E-state index >= 15 is 0 Å². The number of allylic oxidation sites excluding steroid dienone is 6. The summed E-state index contributed by atoms with van der Waals surface area (Å²) < 4.78 is 5.04. The topological polar surface area (TPSA) is 38.7 Å². The van der Waals surface area contributed by atoms with Crippen molar-refractivity contribution in [2.24, 2.45) is 0 Å². The maximum atomic E-state index is 5.28. The molecule has 3 aromatic heterocycles. The summed E-state index contributed by atoms with van der Waals surface area (Å²) in [5, 5.41) is 4.98. The first kappa shape index (κ1) is 33.5. The lowest BCUT2D eigenvalue weighted by molar-refractivity contribution is 1.03. The molecule has 11 rings (SSSR count). The summed E-state index contributed by atoms with van der Waals surface area (Å²) in [6.45, 7) is 0. The lowest BCUT2D eigenvalue weighted by Gasteiger charge is -2.12. The number of hydrogen-bond acceptors (Lipinski definition) is 5. The molecule has 7 aromatic carbocycles. The van der Waals surface area contributed by atoms with Crippen LogP contribution in [-0.2, 0) is 0 Å². The lowest BCUT2D eigenvalue weighted by atomic mass is 9.98. The van der Waals surface area contributed by atoms with Gasteiger partial charge in [0.25, 0.3) is 0 Å². The average Bonchev–Trinajstić information content (AvgIpc) is 3.71. The molecule has 268 valence electrons. The van der Waals surface area contributed by atoms with Crippen LogP contribution in [0.15, 0.2) is 188 Å². The van der Waals surface area contributed by atoms with E-state index in [1.165, 1.54) is 68.2 Å². The normalized spacial score (nSPS) is 12.8. The van der Waals surface area contributed by atoms with Crippen molar-refractivity contribution in [3.05, 3.63) is 194 Å². The van der Waals surface area contributed by atoms with Gasteiger partial charge in [-0.3, -0.25) is 0 Å². The Hall–Kier alpha value is -6.79. The van der Waals surface area contributed by atoms with Crippen LogP contribution < -0.4 is 0 Å². The molecule has 0 amide bonds. The fourth-order valence-corrected chi connectivity index (χ4v) is 10.2. The third-order valence-corrected chi connectivity index (χ3v) is 13.1. The van der Waals surface area contributed by atoms with Crippen LogP contribution in [0.5, 0.6) is 0 Å². The maximum absolute atomic E-state index is 5.28. The van der Waals surface area contributed by atoms with Crippen molar-refractivity contribution in [3.8, 4) is 56.2 Å². The Kier molecular flexibility index (Phi) is 8.27. The predicted octanol–water partition coefficient (Wildman–Crippen LogP) is 14.8. The largest absolute Gasteiger partial charge is 0.209 e. The average molecular weight is 764 g/mol. The zero-order valence-electron chi connectivity index (χ0n) is 30.8. The van der Waals surface area contributed by atoms with Crippen LogP contribution >= 0.6 is 22.7 Å². The van der Waals surface area contributed by atoms with Gasteiger partial charge in [-0.15, -0.1) is 22.7 Å². The minimum absolute atomic E-state index is 0.661. The van der Waals surface area contributed by atoms with Gasteiger partial charge in [-0.25, -0.2) is 15.0 Å². The first-order chi connectivity index (χ1) is 28.2. The summed E-state index contributed by atoms with van der Waals surface area (Å²) in [5.41, 5.74) is 10.1. The van der Waals surface area contributed by atoms with Crippen LogP contribution in [0, 0.1) is 0 Å². The molecule has 57 heavy (non-hydrogen) atoms. The van der Waals surface area contributed by atoms with Crippen LogP contribution in [0.3, 0.4) is 0 Å². The maximum Gasteiger partial charge on any atom is 0.164 e. The summed E-state index contributed by atoms with van der Waals surface area (Å²) in [6, 6.07) is 56.8. The van der Waals surface area contributed by atoms with Gasteiger partial charge in [0.1, 0.15) is 0 Å². The second kappa shape index (κ2) is 14.1. The molecule has 0 radical (unpaired) electrons. The van der Waals surface area contributed by atoms with Crippen LogP contribution in [0.2, 0.25) is 0 Å². The first-order valence-corrected chi connectivity index (χ1v) is 20.8. The van der Waals surface area contributed by atoms with Crippen LogP contribution in [0.1, 0.15) is 12.2 Å². The highest BCUT2D eigenvalue weighted by atomic mass is 32.1. The SMILES string of the molecule is C1=CC=C(c2nc(-c3cccc(-c4ccc5c(c4)sc4ccccc45)c3)nc(-c3cccc4sc5ccc(-c6ccc(-c7ccccc7)cc6)cc5c34)n2)CC=C1. The Morgan fingerprint density at radius 3 is 1.89 bits per heavy atom. The molecule has 0 spiro atoms. The van der Waals surface area contributed by atoms with Gasteiger partial charge in [0.05, 0.1) is 0 Å². The summed E-state index contributed by atoms with van der Waals surface area (Å²) in [6.07, 6.45) is 11.2. The van der Waals surface area contributed by atoms with E-state index in [0.717, 1.165) is 28.7 Å². The molecule has 0 saturated heterocycles. The highest BCUT2D eigenvalue weighted by molar-refractivity contribution is 7.26. The van der Waals surface area contributed by atoms with Crippen LogP contribution in [0.4, 0.5) is 0 Å². The molecular formula is C52H33N3S2. The fraction of sp³-hybridized carbons (Fsp3) is 0.0192. The Balaban J connectivity index is 1.04. The molecule has 3 heterocycles. The predicted molar refractivity (Wildman–Crippen MR) is 244 cm³/mol.